The molecule has 33 heavy (non-hydrogen) atoms. The van der Waals surface area contributed by atoms with Crippen molar-refractivity contribution in [3.8, 4) is 11.3 Å². The van der Waals surface area contributed by atoms with E-state index in [0.29, 0.717) is 29.9 Å². The van der Waals surface area contributed by atoms with Crippen LogP contribution in [0.1, 0.15) is 11.3 Å². The maximum absolute atomic E-state index is 13.2. The summed E-state index contributed by atoms with van der Waals surface area (Å²) >= 11 is 1.10. The number of hydrogen-bond acceptors (Lipinski definition) is 6. The predicted octanol–water partition coefficient (Wildman–Crippen LogP) is 1.96. The molecule has 0 saturated heterocycles. The minimum absolute atomic E-state index is 0.0928. The number of likely N-dealkylation sites (N-methyl/N-ethyl adjacent to an activating group) is 1. The van der Waals surface area contributed by atoms with E-state index < -0.39 is 10.0 Å². The summed E-state index contributed by atoms with van der Waals surface area (Å²) in [5.74, 6) is -0.357. The van der Waals surface area contributed by atoms with Crippen molar-refractivity contribution in [3.63, 3.8) is 0 Å². The van der Waals surface area contributed by atoms with Gasteiger partial charge in [0.05, 0.1) is 30.0 Å². The molecule has 170 valence electrons. The van der Waals surface area contributed by atoms with Gasteiger partial charge in [0.15, 0.2) is 5.65 Å². The zero-order valence-electron chi connectivity index (χ0n) is 17.8. The smallest absolute Gasteiger partial charge is 0.277 e. The fourth-order valence-corrected chi connectivity index (χ4v) is 6.22. The molecule has 1 aromatic carbocycles. The lowest BCUT2D eigenvalue weighted by atomic mass is 10.1. The Morgan fingerprint density at radius 2 is 2.00 bits per heavy atom. The third kappa shape index (κ3) is 3.88. The van der Waals surface area contributed by atoms with Crippen LogP contribution in [0, 0.1) is 0 Å². The van der Waals surface area contributed by atoms with Gasteiger partial charge >= 0.3 is 0 Å². The number of thiophene rings is 1. The molecule has 0 atom stereocenters. The topological polar surface area (TPSA) is 108 Å². The number of carbonyl (C=O) groups excluding carboxylic acids is 1. The van der Waals surface area contributed by atoms with Crippen LogP contribution >= 0.6 is 11.3 Å². The van der Waals surface area contributed by atoms with Crippen LogP contribution in [0.2, 0.25) is 0 Å². The van der Waals surface area contributed by atoms with Crippen molar-refractivity contribution in [3.05, 3.63) is 75.5 Å². The molecule has 1 aliphatic rings. The molecule has 1 aliphatic heterocycles. The molecule has 11 heteroatoms. The zero-order valence-corrected chi connectivity index (χ0v) is 19.4. The Bertz CT molecular complexity index is 1490. The van der Waals surface area contributed by atoms with Crippen molar-refractivity contribution in [2.24, 2.45) is 0 Å². The largest absolute Gasteiger partial charge is 0.337 e. The number of aromatic amines is 1. The van der Waals surface area contributed by atoms with Gasteiger partial charge in [-0.1, -0.05) is 36.4 Å². The lowest BCUT2D eigenvalue weighted by Gasteiger charge is -2.29. The van der Waals surface area contributed by atoms with Crippen LogP contribution in [-0.2, 0) is 27.8 Å². The molecule has 5 rings (SSSR count). The number of fused-ring (bicyclic) bond motifs is 2. The Hall–Kier alpha value is -3.28. The van der Waals surface area contributed by atoms with E-state index >= 15 is 0 Å². The third-order valence-corrected chi connectivity index (χ3v) is 8.89. The Balaban J connectivity index is 1.39. The van der Waals surface area contributed by atoms with E-state index in [2.05, 4.69) is 10.1 Å². The fraction of sp³-hybridized carbons (Fsp3) is 0.227. The summed E-state index contributed by atoms with van der Waals surface area (Å²) in [5.41, 5.74) is 3.09. The van der Waals surface area contributed by atoms with E-state index in [-0.39, 0.29) is 28.8 Å². The van der Waals surface area contributed by atoms with Crippen LogP contribution in [0.15, 0.2) is 62.9 Å². The first kappa shape index (κ1) is 21.6. The Morgan fingerprint density at radius 3 is 2.73 bits per heavy atom. The van der Waals surface area contributed by atoms with Crippen LogP contribution < -0.4 is 5.56 Å². The number of benzene rings is 1. The van der Waals surface area contributed by atoms with Crippen molar-refractivity contribution < 1.29 is 13.2 Å². The van der Waals surface area contributed by atoms with Gasteiger partial charge in [0.25, 0.3) is 15.6 Å². The molecule has 0 spiro atoms. The molecule has 0 saturated carbocycles. The van der Waals surface area contributed by atoms with Crippen molar-refractivity contribution in [2.75, 3.05) is 20.1 Å². The van der Waals surface area contributed by atoms with Gasteiger partial charge in [0, 0.05) is 26.1 Å². The summed E-state index contributed by atoms with van der Waals surface area (Å²) in [6, 6.07) is 14.6. The maximum Gasteiger partial charge on any atom is 0.277 e. The first-order valence-corrected chi connectivity index (χ1v) is 12.6. The molecular formula is C22H21N5O4S2. The average Bonchev–Trinajstić information content (AvgIpc) is 3.50. The minimum atomic E-state index is -3.73. The molecule has 4 heterocycles. The Morgan fingerprint density at radius 1 is 1.21 bits per heavy atom. The second-order valence-corrected chi connectivity index (χ2v) is 11.0. The summed E-state index contributed by atoms with van der Waals surface area (Å²) in [4.78, 5) is 32.2. The lowest BCUT2D eigenvalue weighted by Crippen LogP contribution is -2.45. The van der Waals surface area contributed by atoms with Gasteiger partial charge in [0.1, 0.15) is 4.21 Å². The SMILES string of the molecule is CN(CC(=O)N1CCc2nc3cc(-c4ccccc4)[nH]n3c(=O)c2C1)S(=O)(=O)c1cccs1. The first-order valence-electron chi connectivity index (χ1n) is 10.3. The highest BCUT2D eigenvalue weighted by molar-refractivity contribution is 7.91. The molecule has 9 nitrogen and oxygen atoms in total. The quantitative estimate of drug-likeness (QED) is 0.467. The van der Waals surface area contributed by atoms with Crippen molar-refractivity contribution in [2.45, 2.75) is 17.2 Å². The molecular weight excluding hydrogens is 462 g/mol. The van der Waals surface area contributed by atoms with Gasteiger partial charge in [0.2, 0.25) is 5.91 Å². The third-order valence-electron chi connectivity index (χ3n) is 5.72. The number of aromatic nitrogens is 3. The van der Waals surface area contributed by atoms with Crippen LogP contribution in [0.5, 0.6) is 0 Å². The molecule has 4 aromatic rings. The Kier molecular flexibility index (Phi) is 5.39. The minimum Gasteiger partial charge on any atom is -0.337 e. The van der Waals surface area contributed by atoms with E-state index in [9.17, 15) is 18.0 Å². The lowest BCUT2D eigenvalue weighted by molar-refractivity contribution is -0.132. The number of amides is 1. The summed E-state index contributed by atoms with van der Waals surface area (Å²) in [7, 11) is -2.35. The summed E-state index contributed by atoms with van der Waals surface area (Å²) < 4.78 is 27.9. The molecule has 0 fully saturated rings. The summed E-state index contributed by atoms with van der Waals surface area (Å²) in [5, 5.41) is 4.77. The molecule has 0 radical (unpaired) electrons. The van der Waals surface area contributed by atoms with Crippen LogP contribution in [0.4, 0.5) is 0 Å². The molecule has 3 aromatic heterocycles. The molecule has 0 aliphatic carbocycles. The molecule has 1 N–H and O–H groups in total. The van der Waals surface area contributed by atoms with Gasteiger partial charge < -0.3 is 4.90 Å². The predicted molar refractivity (Wildman–Crippen MR) is 125 cm³/mol. The van der Waals surface area contributed by atoms with Gasteiger partial charge in [-0.3, -0.25) is 14.7 Å². The van der Waals surface area contributed by atoms with Crippen molar-refractivity contribution >= 4 is 32.9 Å². The van der Waals surface area contributed by atoms with Crippen LogP contribution in [0.3, 0.4) is 0 Å². The molecule has 1 amide bonds. The number of H-pyrrole nitrogens is 1. The van der Waals surface area contributed by atoms with Crippen LogP contribution in [-0.4, -0.2) is 58.3 Å². The number of carbonyl (C=O) groups is 1. The van der Waals surface area contributed by atoms with E-state index in [1.165, 1.54) is 22.5 Å². The first-order chi connectivity index (χ1) is 15.8. The number of nitrogens with zero attached hydrogens (tertiary/aromatic N) is 4. The summed E-state index contributed by atoms with van der Waals surface area (Å²) in [6.45, 7) is 0.167. The van der Waals surface area contributed by atoms with Gasteiger partial charge in [-0.05, 0) is 17.0 Å². The number of hydrogen-bond donors (Lipinski definition) is 1. The van der Waals surface area contributed by atoms with Gasteiger partial charge in [-0.15, -0.1) is 11.3 Å². The van der Waals surface area contributed by atoms with Crippen molar-refractivity contribution in [1.29, 1.82) is 0 Å². The fourth-order valence-electron chi connectivity index (χ4n) is 3.90. The number of rotatable bonds is 5. The highest BCUT2D eigenvalue weighted by atomic mass is 32.2. The second kappa shape index (κ2) is 8.25. The maximum atomic E-state index is 13.2. The number of sulfonamides is 1. The summed E-state index contributed by atoms with van der Waals surface area (Å²) in [6.07, 6.45) is 0.431. The Labute approximate surface area is 193 Å². The molecule has 0 unspecified atom stereocenters. The van der Waals surface area contributed by atoms with E-state index in [4.69, 9.17) is 0 Å². The van der Waals surface area contributed by atoms with Gasteiger partial charge in [-0.25, -0.2) is 17.9 Å². The van der Waals surface area contributed by atoms with Gasteiger partial charge in [-0.2, -0.15) is 4.31 Å². The standard InChI is InChI=1S/C22H21N5O4S2/c1-25(33(30,31)21-8-5-11-32-21)14-20(28)26-10-9-17-16(13-26)22(29)27-19(23-17)12-18(24-27)15-6-3-2-4-7-15/h2-8,11-12,24H,9-10,13-14H2,1H3. The molecule has 0 bridgehead atoms. The normalized spacial score (nSPS) is 14.1. The highest BCUT2D eigenvalue weighted by Gasteiger charge is 2.29. The highest BCUT2D eigenvalue weighted by Crippen LogP contribution is 2.22. The van der Waals surface area contributed by atoms with E-state index in [1.54, 1.807) is 11.4 Å². The zero-order chi connectivity index (χ0) is 23.2. The number of nitrogens with one attached hydrogen (secondary N) is 1. The van der Waals surface area contributed by atoms with Crippen molar-refractivity contribution in [1.82, 2.24) is 23.8 Å². The monoisotopic (exact) mass is 483 g/mol. The van der Waals surface area contributed by atoms with E-state index in [0.717, 1.165) is 26.9 Å². The average molecular weight is 484 g/mol. The van der Waals surface area contributed by atoms with E-state index in [1.807, 2.05) is 36.4 Å². The second-order valence-electron chi connectivity index (χ2n) is 7.83. The van der Waals surface area contributed by atoms with Crippen LogP contribution in [0.25, 0.3) is 16.9 Å².